The third kappa shape index (κ3) is 3.05. The molecule has 2 atom stereocenters. The minimum Gasteiger partial charge on any atom is -0.374 e. The van der Waals surface area contributed by atoms with E-state index in [1.54, 1.807) is 0 Å². The van der Waals surface area contributed by atoms with Gasteiger partial charge < -0.3 is 4.74 Å². The highest BCUT2D eigenvalue weighted by Gasteiger charge is 2.28. The number of aryl methyl sites for hydroxylation is 1. The highest BCUT2D eigenvalue weighted by atomic mass is 16.5. The Labute approximate surface area is 108 Å². The van der Waals surface area contributed by atoms with E-state index in [2.05, 4.69) is 28.3 Å². The Morgan fingerprint density at radius 1 is 1.61 bits per heavy atom. The largest absolute Gasteiger partial charge is 0.374 e. The Kier molecular flexibility index (Phi) is 4.66. The number of aromatic nitrogens is 1. The van der Waals surface area contributed by atoms with Gasteiger partial charge in [-0.1, -0.05) is 13.0 Å². The van der Waals surface area contributed by atoms with E-state index in [4.69, 9.17) is 10.6 Å². The third-order valence-corrected chi connectivity index (χ3v) is 3.47. The van der Waals surface area contributed by atoms with E-state index in [1.165, 1.54) is 0 Å². The lowest BCUT2D eigenvalue weighted by Crippen LogP contribution is -2.49. The highest BCUT2D eigenvalue weighted by molar-refractivity contribution is 5.18. The van der Waals surface area contributed by atoms with E-state index >= 15 is 0 Å². The Morgan fingerprint density at radius 2 is 2.44 bits per heavy atom. The van der Waals surface area contributed by atoms with Gasteiger partial charge in [-0.25, -0.2) is 0 Å². The van der Waals surface area contributed by atoms with Crippen LogP contribution in [0.25, 0.3) is 0 Å². The topological polar surface area (TPSA) is 63.4 Å². The molecule has 5 nitrogen and oxygen atoms in total. The van der Waals surface area contributed by atoms with Gasteiger partial charge in [-0.3, -0.25) is 21.2 Å². The van der Waals surface area contributed by atoms with Crippen molar-refractivity contribution in [2.45, 2.75) is 26.0 Å². The molecule has 2 unspecified atom stereocenters. The second kappa shape index (κ2) is 6.24. The Bertz CT molecular complexity index is 368. The predicted octanol–water partition coefficient (Wildman–Crippen LogP) is 0.615. The van der Waals surface area contributed by atoms with Crippen molar-refractivity contribution in [3.05, 3.63) is 29.6 Å². The lowest BCUT2D eigenvalue weighted by Gasteiger charge is -2.36. The predicted molar refractivity (Wildman–Crippen MR) is 70.9 cm³/mol. The number of nitrogens with zero attached hydrogens (tertiary/aromatic N) is 2. The molecule has 1 saturated heterocycles. The zero-order valence-corrected chi connectivity index (χ0v) is 11.1. The summed E-state index contributed by atoms with van der Waals surface area (Å²) in [4.78, 5) is 6.69. The van der Waals surface area contributed by atoms with Gasteiger partial charge in [0.1, 0.15) is 0 Å². The maximum Gasteiger partial charge on any atom is 0.0910 e. The van der Waals surface area contributed by atoms with Crippen molar-refractivity contribution in [2.24, 2.45) is 5.84 Å². The molecule has 0 bridgehead atoms. The SMILES string of the molecule is CCN1CCOC(C(NN)c2ccc(C)nc2)C1. The lowest BCUT2D eigenvalue weighted by molar-refractivity contribution is -0.0457. The van der Waals surface area contributed by atoms with Crippen LogP contribution in [0.2, 0.25) is 0 Å². The molecule has 5 heteroatoms. The van der Waals surface area contributed by atoms with Crippen LogP contribution in [0, 0.1) is 6.92 Å². The van der Waals surface area contributed by atoms with Crippen LogP contribution in [0.1, 0.15) is 24.2 Å². The number of rotatable bonds is 4. The average Bonchev–Trinajstić information content (AvgIpc) is 2.42. The Balaban J connectivity index is 2.10. The number of likely N-dealkylation sites (N-methyl/N-ethyl adjacent to an activating group) is 1. The molecule has 1 aliphatic rings. The van der Waals surface area contributed by atoms with Crippen molar-refractivity contribution in [2.75, 3.05) is 26.2 Å². The van der Waals surface area contributed by atoms with Crippen molar-refractivity contribution < 1.29 is 4.74 Å². The molecule has 1 aromatic heterocycles. The van der Waals surface area contributed by atoms with Crippen LogP contribution in [0.3, 0.4) is 0 Å². The summed E-state index contributed by atoms with van der Waals surface area (Å²) in [6.07, 6.45) is 1.95. The van der Waals surface area contributed by atoms with Gasteiger partial charge in [0.25, 0.3) is 0 Å². The molecular weight excluding hydrogens is 228 g/mol. The second-order valence-electron chi connectivity index (χ2n) is 4.68. The molecule has 0 aromatic carbocycles. The number of morpholine rings is 1. The molecule has 1 fully saturated rings. The first-order valence-corrected chi connectivity index (χ1v) is 6.47. The molecule has 3 N–H and O–H groups in total. The van der Waals surface area contributed by atoms with Crippen molar-refractivity contribution in [1.82, 2.24) is 15.3 Å². The van der Waals surface area contributed by atoms with Crippen LogP contribution in [-0.4, -0.2) is 42.2 Å². The van der Waals surface area contributed by atoms with Gasteiger partial charge in [0.2, 0.25) is 0 Å². The molecule has 18 heavy (non-hydrogen) atoms. The van der Waals surface area contributed by atoms with Crippen LogP contribution in [0.4, 0.5) is 0 Å². The van der Waals surface area contributed by atoms with Crippen molar-refractivity contribution in [1.29, 1.82) is 0 Å². The fourth-order valence-electron chi connectivity index (χ4n) is 2.30. The Hall–Kier alpha value is -1.01. The van der Waals surface area contributed by atoms with Crippen molar-refractivity contribution >= 4 is 0 Å². The van der Waals surface area contributed by atoms with Crippen molar-refractivity contribution in [3.63, 3.8) is 0 Å². The van der Waals surface area contributed by atoms with Gasteiger partial charge in [-0.2, -0.15) is 0 Å². The maximum absolute atomic E-state index is 5.84. The van der Waals surface area contributed by atoms with Gasteiger partial charge in [-0.15, -0.1) is 0 Å². The number of nitrogens with one attached hydrogen (secondary N) is 1. The summed E-state index contributed by atoms with van der Waals surface area (Å²) < 4.78 is 5.84. The van der Waals surface area contributed by atoms with E-state index in [9.17, 15) is 0 Å². The zero-order valence-electron chi connectivity index (χ0n) is 11.1. The molecule has 2 heterocycles. The molecule has 0 radical (unpaired) electrons. The van der Waals surface area contributed by atoms with E-state index < -0.39 is 0 Å². The monoisotopic (exact) mass is 250 g/mol. The van der Waals surface area contributed by atoms with Crippen molar-refractivity contribution in [3.8, 4) is 0 Å². The van der Waals surface area contributed by atoms with E-state index in [-0.39, 0.29) is 12.1 Å². The quantitative estimate of drug-likeness (QED) is 0.606. The normalized spacial score (nSPS) is 22.9. The number of ether oxygens (including phenoxy) is 1. The molecule has 2 rings (SSSR count). The summed E-state index contributed by atoms with van der Waals surface area (Å²) in [5.41, 5.74) is 4.94. The summed E-state index contributed by atoms with van der Waals surface area (Å²) in [5.74, 6) is 5.68. The molecule has 1 aliphatic heterocycles. The summed E-state index contributed by atoms with van der Waals surface area (Å²) in [6.45, 7) is 7.85. The minimum absolute atomic E-state index is 0.00699. The Morgan fingerprint density at radius 3 is 3.06 bits per heavy atom. The number of hydrazine groups is 1. The number of nitrogens with two attached hydrogens (primary N) is 1. The van der Waals surface area contributed by atoms with Gasteiger partial charge in [0, 0.05) is 25.0 Å². The number of pyridine rings is 1. The molecule has 0 aliphatic carbocycles. The fraction of sp³-hybridized carbons (Fsp3) is 0.615. The van der Waals surface area contributed by atoms with E-state index in [0.29, 0.717) is 0 Å². The molecule has 0 amide bonds. The van der Waals surface area contributed by atoms with E-state index in [0.717, 1.165) is 37.5 Å². The fourth-order valence-corrected chi connectivity index (χ4v) is 2.30. The maximum atomic E-state index is 5.84. The summed E-state index contributed by atoms with van der Waals surface area (Å²) in [5, 5.41) is 0. The average molecular weight is 250 g/mol. The molecule has 0 spiro atoms. The minimum atomic E-state index is -0.00699. The van der Waals surface area contributed by atoms with Crippen LogP contribution >= 0.6 is 0 Å². The lowest BCUT2D eigenvalue weighted by atomic mass is 10.0. The van der Waals surface area contributed by atoms with Gasteiger partial charge in [-0.05, 0) is 25.1 Å². The number of hydrogen-bond donors (Lipinski definition) is 2. The zero-order chi connectivity index (χ0) is 13.0. The number of hydrogen-bond acceptors (Lipinski definition) is 5. The first kappa shape index (κ1) is 13.4. The first-order valence-electron chi connectivity index (χ1n) is 6.47. The summed E-state index contributed by atoms with van der Waals surface area (Å²) >= 11 is 0. The van der Waals surface area contributed by atoms with Gasteiger partial charge >= 0.3 is 0 Å². The first-order chi connectivity index (χ1) is 8.74. The summed E-state index contributed by atoms with van der Waals surface area (Å²) in [7, 11) is 0. The van der Waals surface area contributed by atoms with Gasteiger partial charge in [0.05, 0.1) is 18.8 Å². The summed E-state index contributed by atoms with van der Waals surface area (Å²) in [6, 6.07) is 4.05. The molecular formula is C13H22N4O. The molecule has 1 aromatic rings. The molecule has 100 valence electrons. The molecule has 0 saturated carbocycles. The van der Waals surface area contributed by atoms with Crippen LogP contribution in [0.15, 0.2) is 18.3 Å². The third-order valence-electron chi connectivity index (χ3n) is 3.47. The van der Waals surface area contributed by atoms with Crippen LogP contribution < -0.4 is 11.3 Å². The standard InChI is InChI=1S/C13H22N4O/c1-3-17-6-7-18-12(9-17)13(16-14)11-5-4-10(2)15-8-11/h4-5,8,12-13,16H,3,6-7,9,14H2,1-2H3. The van der Waals surface area contributed by atoms with Crippen LogP contribution in [0.5, 0.6) is 0 Å². The van der Waals surface area contributed by atoms with E-state index in [1.807, 2.05) is 19.2 Å². The highest BCUT2D eigenvalue weighted by Crippen LogP contribution is 2.21. The smallest absolute Gasteiger partial charge is 0.0910 e. The van der Waals surface area contributed by atoms with Crippen LogP contribution in [-0.2, 0) is 4.74 Å². The second-order valence-corrected chi connectivity index (χ2v) is 4.68. The van der Waals surface area contributed by atoms with Gasteiger partial charge in [0.15, 0.2) is 0 Å².